The second kappa shape index (κ2) is 7.51. The molecule has 1 aromatic rings. The maximum absolute atomic E-state index is 5.19. The van der Waals surface area contributed by atoms with E-state index in [9.17, 15) is 0 Å². The van der Waals surface area contributed by atoms with Crippen LogP contribution >= 0.6 is 0 Å². The molecule has 0 saturated heterocycles. The van der Waals surface area contributed by atoms with Gasteiger partial charge in [-0.1, -0.05) is 26.0 Å². The van der Waals surface area contributed by atoms with Crippen LogP contribution in [0.25, 0.3) is 0 Å². The molecule has 2 atom stereocenters. The van der Waals surface area contributed by atoms with Crippen molar-refractivity contribution in [1.29, 1.82) is 0 Å². The lowest BCUT2D eigenvalue weighted by Crippen LogP contribution is -2.43. The van der Waals surface area contributed by atoms with Gasteiger partial charge in [-0.05, 0) is 44.6 Å². The lowest BCUT2D eigenvalue weighted by molar-refractivity contribution is 0.273. The van der Waals surface area contributed by atoms with Crippen molar-refractivity contribution >= 4 is 0 Å². The largest absolute Gasteiger partial charge is 0.497 e. The van der Waals surface area contributed by atoms with Gasteiger partial charge in [-0.3, -0.25) is 0 Å². The SMILES string of the molecule is COc1ccc(C(C)NC(CN(C)C)C(C)C)cc1. The van der Waals surface area contributed by atoms with Crippen LogP contribution in [0.15, 0.2) is 24.3 Å². The lowest BCUT2D eigenvalue weighted by Gasteiger charge is -2.29. The van der Waals surface area contributed by atoms with Gasteiger partial charge in [-0.25, -0.2) is 0 Å². The average Bonchev–Trinajstić information content (AvgIpc) is 2.37. The number of nitrogens with one attached hydrogen (secondary N) is 1. The van der Waals surface area contributed by atoms with Crippen LogP contribution in [0.4, 0.5) is 0 Å². The molecule has 0 heterocycles. The van der Waals surface area contributed by atoms with Crippen molar-refractivity contribution < 1.29 is 4.74 Å². The zero-order valence-corrected chi connectivity index (χ0v) is 13.1. The molecule has 0 aliphatic heterocycles. The van der Waals surface area contributed by atoms with Crippen LogP contribution in [0, 0.1) is 5.92 Å². The molecule has 19 heavy (non-hydrogen) atoms. The first kappa shape index (κ1) is 16.0. The van der Waals surface area contributed by atoms with Gasteiger partial charge in [0.2, 0.25) is 0 Å². The van der Waals surface area contributed by atoms with E-state index in [-0.39, 0.29) is 0 Å². The summed E-state index contributed by atoms with van der Waals surface area (Å²) in [6.07, 6.45) is 0. The summed E-state index contributed by atoms with van der Waals surface area (Å²) in [5.41, 5.74) is 1.30. The Morgan fingerprint density at radius 3 is 2.11 bits per heavy atom. The molecule has 0 bridgehead atoms. The number of benzene rings is 1. The topological polar surface area (TPSA) is 24.5 Å². The second-order valence-electron chi connectivity index (χ2n) is 5.77. The Hall–Kier alpha value is -1.06. The molecular formula is C16H28N2O. The van der Waals surface area contributed by atoms with Crippen molar-refractivity contribution in [2.75, 3.05) is 27.7 Å². The summed E-state index contributed by atoms with van der Waals surface area (Å²) in [4.78, 5) is 2.23. The first-order valence-corrected chi connectivity index (χ1v) is 6.98. The molecule has 1 aromatic carbocycles. The fourth-order valence-corrected chi connectivity index (χ4v) is 2.16. The molecule has 0 saturated carbocycles. The molecule has 0 aliphatic rings. The van der Waals surface area contributed by atoms with E-state index in [1.165, 1.54) is 5.56 Å². The van der Waals surface area contributed by atoms with Crippen molar-refractivity contribution in [3.8, 4) is 5.75 Å². The Labute approximate surface area is 118 Å². The molecule has 3 nitrogen and oxygen atoms in total. The Morgan fingerprint density at radius 2 is 1.68 bits per heavy atom. The molecule has 0 fully saturated rings. The normalized spacial score (nSPS) is 14.7. The quantitative estimate of drug-likeness (QED) is 0.819. The first-order chi connectivity index (χ1) is 8.93. The highest BCUT2D eigenvalue weighted by atomic mass is 16.5. The minimum absolute atomic E-state index is 0.346. The predicted molar refractivity (Wildman–Crippen MR) is 81.7 cm³/mol. The molecule has 0 spiro atoms. The summed E-state index contributed by atoms with van der Waals surface area (Å²) >= 11 is 0. The summed E-state index contributed by atoms with van der Waals surface area (Å²) in [7, 11) is 5.94. The molecule has 1 N–H and O–H groups in total. The van der Waals surface area contributed by atoms with E-state index in [1.54, 1.807) is 7.11 Å². The third-order valence-corrected chi connectivity index (χ3v) is 3.45. The van der Waals surface area contributed by atoms with Crippen molar-refractivity contribution in [2.24, 2.45) is 5.92 Å². The Morgan fingerprint density at radius 1 is 1.11 bits per heavy atom. The number of nitrogens with zero attached hydrogens (tertiary/aromatic N) is 1. The van der Waals surface area contributed by atoms with Crippen LogP contribution in [0.1, 0.15) is 32.4 Å². The molecule has 3 heteroatoms. The fraction of sp³-hybridized carbons (Fsp3) is 0.625. The number of hydrogen-bond donors (Lipinski definition) is 1. The van der Waals surface area contributed by atoms with Crippen molar-refractivity contribution in [3.05, 3.63) is 29.8 Å². The van der Waals surface area contributed by atoms with E-state index in [0.29, 0.717) is 18.0 Å². The minimum atomic E-state index is 0.346. The first-order valence-electron chi connectivity index (χ1n) is 6.98. The van der Waals surface area contributed by atoms with Gasteiger partial charge in [0, 0.05) is 18.6 Å². The number of methoxy groups -OCH3 is 1. The third kappa shape index (κ3) is 5.21. The predicted octanol–water partition coefficient (Wildman–Crippen LogP) is 2.93. The fourth-order valence-electron chi connectivity index (χ4n) is 2.16. The highest BCUT2D eigenvalue weighted by molar-refractivity contribution is 5.28. The van der Waals surface area contributed by atoms with Gasteiger partial charge in [0.1, 0.15) is 5.75 Å². The summed E-state index contributed by atoms with van der Waals surface area (Å²) in [5, 5.41) is 3.72. The maximum Gasteiger partial charge on any atom is 0.118 e. The van der Waals surface area contributed by atoms with Crippen LogP contribution in [-0.2, 0) is 0 Å². The maximum atomic E-state index is 5.19. The summed E-state index contributed by atoms with van der Waals surface area (Å²) in [6, 6.07) is 9.13. The highest BCUT2D eigenvalue weighted by Gasteiger charge is 2.17. The van der Waals surface area contributed by atoms with Gasteiger partial charge < -0.3 is 15.0 Å². The van der Waals surface area contributed by atoms with E-state index in [1.807, 2.05) is 12.1 Å². The Balaban J connectivity index is 2.66. The van der Waals surface area contributed by atoms with Crippen molar-refractivity contribution in [1.82, 2.24) is 10.2 Å². The van der Waals surface area contributed by atoms with Gasteiger partial charge in [0.15, 0.2) is 0 Å². The van der Waals surface area contributed by atoms with Gasteiger partial charge in [-0.15, -0.1) is 0 Å². The Bertz CT molecular complexity index is 360. The van der Waals surface area contributed by atoms with Gasteiger partial charge in [0.25, 0.3) is 0 Å². The zero-order valence-electron chi connectivity index (χ0n) is 13.1. The monoisotopic (exact) mass is 264 g/mol. The van der Waals surface area contributed by atoms with Crippen LogP contribution < -0.4 is 10.1 Å². The summed E-state index contributed by atoms with van der Waals surface area (Å²) < 4.78 is 5.19. The van der Waals surface area contributed by atoms with Crippen LogP contribution in [0.5, 0.6) is 5.75 Å². The van der Waals surface area contributed by atoms with Gasteiger partial charge in [0.05, 0.1) is 7.11 Å². The van der Waals surface area contributed by atoms with Crippen LogP contribution in [0.3, 0.4) is 0 Å². The number of hydrogen-bond acceptors (Lipinski definition) is 3. The summed E-state index contributed by atoms with van der Waals surface area (Å²) in [5.74, 6) is 1.52. The van der Waals surface area contributed by atoms with Crippen molar-refractivity contribution in [2.45, 2.75) is 32.9 Å². The molecule has 0 aliphatic carbocycles. The molecule has 0 amide bonds. The lowest BCUT2D eigenvalue weighted by atomic mass is 10.0. The third-order valence-electron chi connectivity index (χ3n) is 3.45. The van der Waals surface area contributed by atoms with Gasteiger partial charge in [-0.2, -0.15) is 0 Å². The Kier molecular flexibility index (Phi) is 6.32. The molecule has 0 aromatic heterocycles. The van der Waals surface area contributed by atoms with Crippen LogP contribution in [0.2, 0.25) is 0 Å². The molecule has 2 unspecified atom stereocenters. The van der Waals surface area contributed by atoms with E-state index in [2.05, 4.69) is 57.2 Å². The van der Waals surface area contributed by atoms with E-state index >= 15 is 0 Å². The molecule has 0 radical (unpaired) electrons. The van der Waals surface area contributed by atoms with Crippen LogP contribution in [-0.4, -0.2) is 38.7 Å². The zero-order chi connectivity index (χ0) is 14.4. The highest BCUT2D eigenvalue weighted by Crippen LogP contribution is 2.19. The van der Waals surface area contributed by atoms with E-state index in [0.717, 1.165) is 12.3 Å². The molecule has 1 rings (SSSR count). The van der Waals surface area contributed by atoms with E-state index < -0.39 is 0 Å². The number of ether oxygens (including phenoxy) is 1. The van der Waals surface area contributed by atoms with Gasteiger partial charge >= 0.3 is 0 Å². The molecule has 108 valence electrons. The van der Waals surface area contributed by atoms with E-state index in [4.69, 9.17) is 4.74 Å². The standard InChI is InChI=1S/C16H28N2O/c1-12(2)16(11-18(4)5)17-13(3)14-7-9-15(19-6)10-8-14/h7-10,12-13,16-17H,11H2,1-6H3. The molecular weight excluding hydrogens is 236 g/mol. The minimum Gasteiger partial charge on any atom is -0.497 e. The number of likely N-dealkylation sites (N-methyl/N-ethyl adjacent to an activating group) is 1. The second-order valence-corrected chi connectivity index (χ2v) is 5.77. The average molecular weight is 264 g/mol. The number of rotatable bonds is 7. The summed E-state index contributed by atoms with van der Waals surface area (Å²) in [6.45, 7) is 7.80. The smallest absolute Gasteiger partial charge is 0.118 e. The van der Waals surface area contributed by atoms with Crippen molar-refractivity contribution in [3.63, 3.8) is 0 Å².